The first-order chi connectivity index (χ1) is 10.7. The molecule has 0 unspecified atom stereocenters. The average molecular weight is 363 g/mol. The molecule has 0 fully saturated rings. The first kappa shape index (κ1) is 16.1. The summed E-state index contributed by atoms with van der Waals surface area (Å²) in [6, 6.07) is 7.08. The average Bonchev–Trinajstić information content (AvgIpc) is 2.78. The molecule has 8 heteroatoms. The molecule has 0 atom stereocenters. The van der Waals surface area contributed by atoms with E-state index in [1.54, 1.807) is 6.07 Å². The summed E-state index contributed by atoms with van der Waals surface area (Å²) < 4.78 is 52.8. The maximum Gasteiger partial charge on any atom is 0.406 e. The van der Waals surface area contributed by atoms with Crippen LogP contribution in [0.5, 0.6) is 0 Å². The summed E-state index contributed by atoms with van der Waals surface area (Å²) in [5.74, 6) is -0.650. The minimum atomic E-state index is -4.42. The van der Waals surface area contributed by atoms with E-state index in [-0.39, 0.29) is 15.8 Å². The Balaban J connectivity index is 2.22. The highest BCUT2D eigenvalue weighted by Crippen LogP contribution is 2.33. The van der Waals surface area contributed by atoms with Gasteiger partial charge in [-0.15, -0.1) is 0 Å². The number of nitrogens with zero attached hydrogens (tertiary/aromatic N) is 2. The first-order valence-electron chi connectivity index (χ1n) is 6.42. The molecular weight excluding hydrogens is 355 g/mol. The van der Waals surface area contributed by atoms with Crippen LogP contribution in [0.2, 0.25) is 10.2 Å². The summed E-state index contributed by atoms with van der Waals surface area (Å²) in [5.41, 5.74) is 0.908. The number of aromatic nitrogens is 2. The van der Waals surface area contributed by atoms with Crippen molar-refractivity contribution in [2.24, 2.45) is 0 Å². The highest BCUT2D eigenvalue weighted by atomic mass is 35.5. The van der Waals surface area contributed by atoms with Crippen molar-refractivity contribution >= 4 is 34.2 Å². The Morgan fingerprint density at radius 3 is 2.48 bits per heavy atom. The van der Waals surface area contributed by atoms with Crippen LogP contribution in [0.25, 0.3) is 22.2 Å². The number of benzene rings is 1. The molecule has 0 bridgehead atoms. The van der Waals surface area contributed by atoms with Crippen molar-refractivity contribution in [3.05, 3.63) is 52.5 Å². The Morgan fingerprint density at radius 2 is 1.83 bits per heavy atom. The van der Waals surface area contributed by atoms with Crippen LogP contribution in [0.1, 0.15) is 0 Å². The van der Waals surface area contributed by atoms with Gasteiger partial charge in [0, 0.05) is 17.1 Å². The van der Waals surface area contributed by atoms with E-state index in [0.717, 1.165) is 4.57 Å². The molecule has 0 saturated carbocycles. The molecule has 0 aliphatic heterocycles. The van der Waals surface area contributed by atoms with Gasteiger partial charge in [0.05, 0.1) is 5.02 Å². The minimum absolute atomic E-state index is 0.0612. The van der Waals surface area contributed by atoms with Gasteiger partial charge in [0.25, 0.3) is 0 Å². The van der Waals surface area contributed by atoms with Gasteiger partial charge < -0.3 is 4.57 Å². The van der Waals surface area contributed by atoms with Gasteiger partial charge in [-0.3, -0.25) is 0 Å². The zero-order valence-electron chi connectivity index (χ0n) is 11.3. The molecule has 120 valence electrons. The van der Waals surface area contributed by atoms with Crippen molar-refractivity contribution in [2.75, 3.05) is 0 Å². The summed E-state index contributed by atoms with van der Waals surface area (Å²) in [5, 5.41) is 0.460. The van der Waals surface area contributed by atoms with Crippen molar-refractivity contribution in [2.45, 2.75) is 12.7 Å². The normalized spacial score (nSPS) is 12.1. The van der Waals surface area contributed by atoms with E-state index >= 15 is 0 Å². The van der Waals surface area contributed by atoms with Gasteiger partial charge in [-0.05, 0) is 29.8 Å². The van der Waals surface area contributed by atoms with E-state index < -0.39 is 18.5 Å². The summed E-state index contributed by atoms with van der Waals surface area (Å²) >= 11 is 11.4. The van der Waals surface area contributed by atoms with E-state index in [1.165, 1.54) is 30.5 Å². The molecule has 3 rings (SSSR count). The van der Waals surface area contributed by atoms with Gasteiger partial charge in [0.1, 0.15) is 23.2 Å². The van der Waals surface area contributed by atoms with Crippen LogP contribution < -0.4 is 0 Å². The van der Waals surface area contributed by atoms with Crippen molar-refractivity contribution in [3.8, 4) is 11.1 Å². The Bertz CT molecular complexity index is 887. The Morgan fingerprint density at radius 1 is 1.09 bits per heavy atom. The highest BCUT2D eigenvalue weighted by Gasteiger charge is 2.29. The molecule has 0 aliphatic carbocycles. The quantitative estimate of drug-likeness (QED) is 0.421. The van der Waals surface area contributed by atoms with E-state index in [4.69, 9.17) is 23.2 Å². The molecule has 1 aromatic carbocycles. The number of rotatable bonds is 2. The van der Waals surface area contributed by atoms with E-state index in [2.05, 4.69) is 4.98 Å². The van der Waals surface area contributed by atoms with Crippen LogP contribution >= 0.6 is 23.2 Å². The maximum absolute atomic E-state index is 13.7. The SMILES string of the molecule is Fc1cc(-c2cn(CC(F)(F)F)c3nc(Cl)ccc23)ccc1Cl. The Labute approximate surface area is 138 Å². The fourth-order valence-corrected chi connectivity index (χ4v) is 2.61. The van der Waals surface area contributed by atoms with Gasteiger partial charge in [-0.2, -0.15) is 13.2 Å². The highest BCUT2D eigenvalue weighted by molar-refractivity contribution is 6.31. The van der Waals surface area contributed by atoms with Gasteiger partial charge in [0.2, 0.25) is 0 Å². The summed E-state index contributed by atoms with van der Waals surface area (Å²) in [4.78, 5) is 3.95. The van der Waals surface area contributed by atoms with E-state index in [0.29, 0.717) is 16.5 Å². The molecule has 0 aliphatic rings. The lowest BCUT2D eigenvalue weighted by Crippen LogP contribution is -2.17. The van der Waals surface area contributed by atoms with Crippen LogP contribution in [-0.2, 0) is 6.54 Å². The molecule has 0 saturated heterocycles. The van der Waals surface area contributed by atoms with Gasteiger partial charge in [-0.25, -0.2) is 9.37 Å². The lowest BCUT2D eigenvalue weighted by Gasteiger charge is -2.08. The Kier molecular flexibility index (Phi) is 3.98. The lowest BCUT2D eigenvalue weighted by molar-refractivity contribution is -0.139. The van der Waals surface area contributed by atoms with Gasteiger partial charge >= 0.3 is 6.18 Å². The van der Waals surface area contributed by atoms with Gasteiger partial charge in [0.15, 0.2) is 0 Å². The van der Waals surface area contributed by atoms with Crippen molar-refractivity contribution in [1.82, 2.24) is 9.55 Å². The molecule has 0 spiro atoms. The summed E-state index contributed by atoms with van der Waals surface area (Å²) in [6.45, 7) is -1.22. The summed E-state index contributed by atoms with van der Waals surface area (Å²) in [7, 11) is 0. The maximum atomic E-state index is 13.7. The number of pyridine rings is 1. The second-order valence-electron chi connectivity index (χ2n) is 4.92. The van der Waals surface area contributed by atoms with Crippen LogP contribution in [-0.4, -0.2) is 15.7 Å². The van der Waals surface area contributed by atoms with Crippen LogP contribution in [0.4, 0.5) is 17.6 Å². The molecule has 0 radical (unpaired) electrons. The zero-order chi connectivity index (χ0) is 16.8. The van der Waals surface area contributed by atoms with Crippen molar-refractivity contribution < 1.29 is 17.6 Å². The Hall–Kier alpha value is -1.79. The van der Waals surface area contributed by atoms with Gasteiger partial charge in [-0.1, -0.05) is 29.3 Å². The standard InChI is InChI=1S/C15H8Cl2F4N2/c16-11-3-1-8(5-12(11)18)10-6-23(7-15(19,20)21)14-9(10)2-4-13(17)22-14/h1-6H,7H2. The number of hydrogen-bond donors (Lipinski definition) is 0. The fraction of sp³-hybridized carbons (Fsp3) is 0.133. The first-order valence-corrected chi connectivity index (χ1v) is 7.18. The molecule has 2 heterocycles. The topological polar surface area (TPSA) is 17.8 Å². The van der Waals surface area contributed by atoms with E-state index in [1.807, 2.05) is 0 Å². The number of hydrogen-bond acceptors (Lipinski definition) is 1. The van der Waals surface area contributed by atoms with Crippen LogP contribution in [0.3, 0.4) is 0 Å². The molecule has 2 aromatic heterocycles. The third-order valence-electron chi connectivity index (χ3n) is 3.27. The van der Waals surface area contributed by atoms with Crippen LogP contribution in [0.15, 0.2) is 36.5 Å². The van der Waals surface area contributed by atoms with E-state index in [9.17, 15) is 17.6 Å². The molecule has 23 heavy (non-hydrogen) atoms. The number of fused-ring (bicyclic) bond motifs is 1. The fourth-order valence-electron chi connectivity index (χ4n) is 2.35. The van der Waals surface area contributed by atoms with Crippen molar-refractivity contribution in [3.63, 3.8) is 0 Å². The van der Waals surface area contributed by atoms with Crippen molar-refractivity contribution in [1.29, 1.82) is 0 Å². The summed E-state index contributed by atoms with van der Waals surface area (Å²) in [6.07, 6.45) is -3.14. The molecular formula is C15H8Cl2F4N2. The lowest BCUT2D eigenvalue weighted by atomic mass is 10.1. The minimum Gasteiger partial charge on any atom is -0.323 e. The molecule has 3 aromatic rings. The molecule has 0 N–H and O–H groups in total. The molecule has 0 amide bonds. The predicted molar refractivity (Wildman–Crippen MR) is 81.2 cm³/mol. The second kappa shape index (κ2) is 5.69. The largest absolute Gasteiger partial charge is 0.406 e. The monoisotopic (exact) mass is 362 g/mol. The third-order valence-corrected chi connectivity index (χ3v) is 3.79. The number of alkyl halides is 3. The second-order valence-corrected chi connectivity index (χ2v) is 5.71. The number of halogens is 6. The van der Waals surface area contributed by atoms with Crippen LogP contribution in [0, 0.1) is 5.82 Å². The molecule has 2 nitrogen and oxygen atoms in total. The zero-order valence-corrected chi connectivity index (χ0v) is 12.8. The predicted octanol–water partition coefficient (Wildman–Crippen LogP) is 5.71. The third kappa shape index (κ3) is 3.28. The smallest absolute Gasteiger partial charge is 0.323 e.